The fourth-order valence-corrected chi connectivity index (χ4v) is 1.90. The maximum atomic E-state index is 12.3. The van der Waals surface area contributed by atoms with Gasteiger partial charge in [0.1, 0.15) is 11.3 Å². The minimum atomic E-state index is -1.40. The summed E-state index contributed by atoms with van der Waals surface area (Å²) in [4.78, 5) is 46.1. The van der Waals surface area contributed by atoms with Crippen molar-refractivity contribution in [1.29, 1.82) is 0 Å². The number of amides is 2. The molecule has 0 spiro atoms. The minimum Gasteiger partial charge on any atom is -0.398 e. The van der Waals surface area contributed by atoms with Crippen LogP contribution in [0.1, 0.15) is 47.4 Å². The van der Waals surface area contributed by atoms with Crippen molar-refractivity contribution < 1.29 is 19.2 Å². The van der Waals surface area contributed by atoms with E-state index in [2.05, 4.69) is 5.32 Å². The molecule has 0 bridgehead atoms. The first-order chi connectivity index (χ1) is 10.2. The van der Waals surface area contributed by atoms with Crippen LogP contribution < -0.4 is 16.8 Å². The molecule has 0 saturated carbocycles. The van der Waals surface area contributed by atoms with E-state index in [0.717, 1.165) is 0 Å². The van der Waals surface area contributed by atoms with Crippen LogP contribution in [0.5, 0.6) is 0 Å². The number of aldehydes is 1. The summed E-state index contributed by atoms with van der Waals surface area (Å²) in [5.41, 5.74) is 9.82. The second kappa shape index (κ2) is 6.84. The highest BCUT2D eigenvalue weighted by molar-refractivity contribution is 6.06. The third kappa shape index (κ3) is 3.91. The SMILES string of the molecule is CC(=O)CCC(C)(NC(=O)c1cccc(N)c1C=O)C(N)=O. The second-order valence-electron chi connectivity index (χ2n) is 5.28. The summed E-state index contributed by atoms with van der Waals surface area (Å²) in [6, 6.07) is 4.43. The van der Waals surface area contributed by atoms with E-state index in [-0.39, 0.29) is 35.4 Å². The quantitative estimate of drug-likeness (QED) is 0.496. The molecule has 0 aliphatic rings. The van der Waals surface area contributed by atoms with Crippen LogP contribution in [0.3, 0.4) is 0 Å². The highest BCUT2D eigenvalue weighted by atomic mass is 16.2. The molecule has 0 aliphatic heterocycles. The fourth-order valence-electron chi connectivity index (χ4n) is 1.90. The van der Waals surface area contributed by atoms with E-state index in [1.807, 2.05) is 0 Å². The third-order valence-corrected chi connectivity index (χ3v) is 3.41. The number of carbonyl (C=O) groups is 4. The topological polar surface area (TPSA) is 132 Å². The van der Waals surface area contributed by atoms with E-state index < -0.39 is 17.4 Å². The molecule has 1 aromatic rings. The number of anilines is 1. The Bertz CT molecular complexity index is 627. The van der Waals surface area contributed by atoms with Crippen molar-refractivity contribution in [2.75, 3.05) is 5.73 Å². The molecule has 0 fully saturated rings. The van der Waals surface area contributed by atoms with Crippen molar-refractivity contribution >= 4 is 29.6 Å². The molecule has 0 aromatic heterocycles. The average molecular weight is 305 g/mol. The minimum absolute atomic E-state index is 0.0402. The van der Waals surface area contributed by atoms with Crippen molar-refractivity contribution in [3.63, 3.8) is 0 Å². The number of nitrogens with two attached hydrogens (primary N) is 2. The summed E-state index contributed by atoms with van der Waals surface area (Å²) < 4.78 is 0. The molecule has 1 rings (SSSR count). The number of benzene rings is 1. The van der Waals surface area contributed by atoms with Gasteiger partial charge in [0.15, 0.2) is 6.29 Å². The first kappa shape index (κ1) is 17.4. The van der Waals surface area contributed by atoms with Gasteiger partial charge in [-0.2, -0.15) is 0 Å². The number of primary amides is 1. The van der Waals surface area contributed by atoms with E-state index >= 15 is 0 Å². The molecule has 0 heterocycles. The number of nitrogen functional groups attached to an aromatic ring is 1. The summed E-state index contributed by atoms with van der Waals surface area (Å²) in [5.74, 6) is -1.54. The zero-order valence-corrected chi connectivity index (χ0v) is 12.5. The van der Waals surface area contributed by atoms with E-state index in [1.165, 1.54) is 32.0 Å². The molecule has 2 amide bonds. The lowest BCUT2D eigenvalue weighted by molar-refractivity contribution is -0.124. The Labute approximate surface area is 128 Å². The molecular formula is C15H19N3O4. The normalized spacial score (nSPS) is 13.0. The van der Waals surface area contributed by atoms with Gasteiger partial charge in [-0.3, -0.25) is 14.4 Å². The molecule has 118 valence electrons. The highest BCUT2D eigenvalue weighted by Crippen LogP contribution is 2.18. The number of rotatable bonds is 7. The zero-order chi connectivity index (χ0) is 16.9. The van der Waals surface area contributed by atoms with Crippen LogP contribution in [0.25, 0.3) is 0 Å². The molecule has 1 unspecified atom stereocenters. The standard InChI is InChI=1S/C15H19N3O4/c1-9(20)6-7-15(2,14(17)22)18-13(21)10-4-3-5-12(16)11(10)8-19/h3-5,8H,6-7,16H2,1-2H3,(H2,17,22)(H,18,21). The molecule has 0 radical (unpaired) electrons. The van der Waals surface area contributed by atoms with Gasteiger partial charge >= 0.3 is 0 Å². The highest BCUT2D eigenvalue weighted by Gasteiger charge is 2.33. The van der Waals surface area contributed by atoms with Crippen LogP contribution >= 0.6 is 0 Å². The van der Waals surface area contributed by atoms with Crippen LogP contribution in [0.4, 0.5) is 5.69 Å². The van der Waals surface area contributed by atoms with E-state index in [0.29, 0.717) is 6.29 Å². The summed E-state index contributed by atoms with van der Waals surface area (Å²) in [5, 5.41) is 2.49. The van der Waals surface area contributed by atoms with E-state index in [9.17, 15) is 19.2 Å². The van der Waals surface area contributed by atoms with Gasteiger partial charge in [-0.05, 0) is 32.4 Å². The van der Waals surface area contributed by atoms with Crippen LogP contribution in [0, 0.1) is 0 Å². The Morgan fingerprint density at radius 1 is 1.32 bits per heavy atom. The lowest BCUT2D eigenvalue weighted by atomic mass is 9.93. The largest absolute Gasteiger partial charge is 0.398 e. The van der Waals surface area contributed by atoms with Crippen molar-refractivity contribution in [3.05, 3.63) is 29.3 Å². The molecule has 5 N–H and O–H groups in total. The van der Waals surface area contributed by atoms with Crippen molar-refractivity contribution in [3.8, 4) is 0 Å². The van der Waals surface area contributed by atoms with Gasteiger partial charge < -0.3 is 21.6 Å². The van der Waals surface area contributed by atoms with Crippen molar-refractivity contribution in [1.82, 2.24) is 5.32 Å². The number of Topliss-reactive ketones (excluding diaryl/α,β-unsaturated/α-hetero) is 1. The molecule has 0 aliphatic carbocycles. The summed E-state index contributed by atoms with van der Waals surface area (Å²) in [7, 11) is 0. The van der Waals surface area contributed by atoms with Gasteiger partial charge in [-0.15, -0.1) is 0 Å². The van der Waals surface area contributed by atoms with Gasteiger partial charge in [0.25, 0.3) is 5.91 Å². The summed E-state index contributed by atoms with van der Waals surface area (Å²) in [6.45, 7) is 2.81. The third-order valence-electron chi connectivity index (χ3n) is 3.41. The first-order valence-corrected chi connectivity index (χ1v) is 6.67. The Hall–Kier alpha value is -2.70. The molecular weight excluding hydrogens is 286 g/mol. The van der Waals surface area contributed by atoms with Crippen LogP contribution in [0.2, 0.25) is 0 Å². The lowest BCUT2D eigenvalue weighted by Gasteiger charge is -2.27. The molecule has 0 saturated heterocycles. The lowest BCUT2D eigenvalue weighted by Crippen LogP contribution is -2.55. The Morgan fingerprint density at radius 2 is 1.95 bits per heavy atom. The molecule has 7 heteroatoms. The fraction of sp³-hybridized carbons (Fsp3) is 0.333. The smallest absolute Gasteiger partial charge is 0.252 e. The van der Waals surface area contributed by atoms with Crippen LogP contribution in [-0.2, 0) is 9.59 Å². The van der Waals surface area contributed by atoms with Crippen molar-refractivity contribution in [2.45, 2.75) is 32.2 Å². The first-order valence-electron chi connectivity index (χ1n) is 6.67. The predicted octanol–water partition coefficient (Wildman–Crippen LogP) is 0.424. The van der Waals surface area contributed by atoms with Gasteiger partial charge in [0.2, 0.25) is 5.91 Å². The number of carbonyl (C=O) groups excluding carboxylic acids is 4. The summed E-state index contributed by atoms with van der Waals surface area (Å²) >= 11 is 0. The van der Waals surface area contributed by atoms with Gasteiger partial charge in [0, 0.05) is 17.7 Å². The van der Waals surface area contributed by atoms with E-state index in [1.54, 1.807) is 0 Å². The van der Waals surface area contributed by atoms with Crippen molar-refractivity contribution in [2.24, 2.45) is 5.73 Å². The van der Waals surface area contributed by atoms with Crippen LogP contribution in [0.15, 0.2) is 18.2 Å². The Kier molecular flexibility index (Phi) is 5.39. The molecule has 1 aromatic carbocycles. The second-order valence-corrected chi connectivity index (χ2v) is 5.28. The number of nitrogens with one attached hydrogen (secondary N) is 1. The maximum Gasteiger partial charge on any atom is 0.252 e. The summed E-state index contributed by atoms with van der Waals surface area (Å²) in [6.07, 6.45) is 0.640. The zero-order valence-electron chi connectivity index (χ0n) is 12.5. The monoisotopic (exact) mass is 305 g/mol. The Balaban J connectivity index is 3.07. The van der Waals surface area contributed by atoms with Gasteiger partial charge in [-0.1, -0.05) is 6.07 Å². The number of hydrogen-bond acceptors (Lipinski definition) is 5. The van der Waals surface area contributed by atoms with Gasteiger partial charge in [-0.25, -0.2) is 0 Å². The van der Waals surface area contributed by atoms with Gasteiger partial charge in [0.05, 0.1) is 5.56 Å². The van der Waals surface area contributed by atoms with Crippen LogP contribution in [-0.4, -0.2) is 29.4 Å². The molecule has 22 heavy (non-hydrogen) atoms. The molecule has 7 nitrogen and oxygen atoms in total. The molecule has 1 atom stereocenters. The maximum absolute atomic E-state index is 12.3. The average Bonchev–Trinajstić information content (AvgIpc) is 2.44. The number of hydrogen-bond donors (Lipinski definition) is 3. The predicted molar refractivity (Wildman–Crippen MR) is 81.2 cm³/mol. The van der Waals surface area contributed by atoms with E-state index in [4.69, 9.17) is 11.5 Å². The Morgan fingerprint density at radius 3 is 2.45 bits per heavy atom. The number of ketones is 1.